The van der Waals surface area contributed by atoms with E-state index >= 15 is 0 Å². The van der Waals surface area contributed by atoms with Crippen molar-refractivity contribution in [3.05, 3.63) is 48.6 Å². The molecule has 1 amide bonds. The normalized spacial score (nSPS) is 17.9. The minimum absolute atomic E-state index is 0.00686. The first-order chi connectivity index (χ1) is 44.2. The van der Waals surface area contributed by atoms with Crippen LogP contribution < -0.4 is 5.32 Å². The van der Waals surface area contributed by atoms with E-state index in [0.717, 1.165) is 64.2 Å². The summed E-state index contributed by atoms with van der Waals surface area (Å²) in [6.45, 7) is 4.36. The highest BCUT2D eigenvalue weighted by atomic mass is 16.7. The van der Waals surface area contributed by atoms with Crippen LogP contribution in [-0.2, 0) is 23.8 Å². The molecule has 1 aliphatic rings. The number of ether oxygens (including phenoxy) is 3. The number of unbranched alkanes of at least 4 members (excludes halogenated alkanes) is 49. The monoisotopic (exact) mass is 1270 g/mol. The lowest BCUT2D eigenvalue weighted by Crippen LogP contribution is -2.60. The Morgan fingerprint density at radius 2 is 0.744 bits per heavy atom. The fourth-order valence-electron chi connectivity index (χ4n) is 12.3. The number of carbonyl (C=O) groups excluding carboxylic acids is 2. The molecule has 0 aliphatic carbocycles. The van der Waals surface area contributed by atoms with Crippen LogP contribution in [0.5, 0.6) is 0 Å². The van der Waals surface area contributed by atoms with Crippen LogP contribution >= 0.6 is 0 Å². The molecule has 7 atom stereocenters. The van der Waals surface area contributed by atoms with Gasteiger partial charge in [0.05, 0.1) is 32.0 Å². The summed E-state index contributed by atoms with van der Waals surface area (Å²) in [6, 6.07) is -0.808. The topological polar surface area (TPSA) is 175 Å². The number of hydrogen-bond acceptors (Lipinski definition) is 10. The van der Waals surface area contributed by atoms with Crippen molar-refractivity contribution in [1.29, 1.82) is 0 Å². The first kappa shape index (κ1) is 85.6. The van der Waals surface area contributed by atoms with Gasteiger partial charge in [0.25, 0.3) is 0 Å². The molecule has 90 heavy (non-hydrogen) atoms. The van der Waals surface area contributed by atoms with Gasteiger partial charge in [-0.1, -0.05) is 326 Å². The number of allylic oxidation sites excluding steroid dienone is 7. The van der Waals surface area contributed by atoms with Gasteiger partial charge in [-0.2, -0.15) is 0 Å². The Labute approximate surface area is 555 Å². The first-order valence-corrected chi connectivity index (χ1v) is 38.9. The maximum atomic E-state index is 13.0. The molecule has 1 rings (SSSR count). The van der Waals surface area contributed by atoms with Gasteiger partial charge in [0, 0.05) is 12.8 Å². The number of amides is 1. The minimum atomic E-state index is -1.57. The molecular formula is C79H147NO10. The summed E-state index contributed by atoms with van der Waals surface area (Å²) >= 11 is 0. The van der Waals surface area contributed by atoms with Gasteiger partial charge in [0.2, 0.25) is 5.91 Å². The third kappa shape index (κ3) is 56.0. The third-order valence-corrected chi connectivity index (χ3v) is 18.4. The number of rotatable bonds is 69. The molecule has 0 radical (unpaired) electrons. The third-order valence-electron chi connectivity index (χ3n) is 18.4. The van der Waals surface area contributed by atoms with E-state index in [-0.39, 0.29) is 18.5 Å². The molecule has 0 saturated carbocycles. The van der Waals surface area contributed by atoms with Gasteiger partial charge in [-0.15, -0.1) is 0 Å². The van der Waals surface area contributed by atoms with Crippen molar-refractivity contribution >= 4 is 11.9 Å². The summed E-state index contributed by atoms with van der Waals surface area (Å²) in [6.07, 6.45) is 80.0. The SMILES string of the molecule is CCCCCCCC/C=C\CCCCCCCCCCCC(=O)OCCCCCCCCCCC/C=C\C/C=C\CCCCCCCCCCCCCCCCCCCC(=O)NC(COC1OC(CO)C(O)C(O)C1O)C(O)/C=C/CCCCCCCCCC. The van der Waals surface area contributed by atoms with Gasteiger partial charge in [0.15, 0.2) is 6.29 Å². The van der Waals surface area contributed by atoms with Gasteiger partial charge < -0.3 is 45.1 Å². The van der Waals surface area contributed by atoms with Crippen LogP contribution in [0.3, 0.4) is 0 Å². The number of esters is 1. The number of aliphatic hydroxyl groups is 5. The van der Waals surface area contributed by atoms with Crippen molar-refractivity contribution in [2.45, 2.75) is 423 Å². The fourth-order valence-corrected chi connectivity index (χ4v) is 12.3. The molecule has 11 nitrogen and oxygen atoms in total. The summed E-state index contributed by atoms with van der Waals surface area (Å²) in [5.74, 6) is -0.173. The quantitative estimate of drug-likeness (QED) is 0.0195. The van der Waals surface area contributed by atoms with E-state index < -0.39 is 49.5 Å². The van der Waals surface area contributed by atoms with Crippen molar-refractivity contribution in [1.82, 2.24) is 5.32 Å². The van der Waals surface area contributed by atoms with E-state index in [1.54, 1.807) is 6.08 Å². The predicted octanol–water partition coefficient (Wildman–Crippen LogP) is 20.7. The second-order valence-corrected chi connectivity index (χ2v) is 27.1. The first-order valence-electron chi connectivity index (χ1n) is 38.9. The molecule has 1 saturated heterocycles. The van der Waals surface area contributed by atoms with E-state index in [0.29, 0.717) is 19.4 Å². The van der Waals surface area contributed by atoms with Crippen LogP contribution in [0.1, 0.15) is 380 Å². The Bertz CT molecular complexity index is 1630. The van der Waals surface area contributed by atoms with Crippen molar-refractivity contribution in [3.8, 4) is 0 Å². The van der Waals surface area contributed by atoms with E-state index in [4.69, 9.17) is 14.2 Å². The summed E-state index contributed by atoms with van der Waals surface area (Å²) in [4.78, 5) is 25.2. The van der Waals surface area contributed by atoms with Crippen LogP contribution in [0.15, 0.2) is 48.6 Å². The lowest BCUT2D eigenvalue weighted by Gasteiger charge is -2.40. The number of hydrogen-bond donors (Lipinski definition) is 6. The second kappa shape index (κ2) is 68.0. The van der Waals surface area contributed by atoms with Gasteiger partial charge in [0.1, 0.15) is 24.4 Å². The highest BCUT2D eigenvalue weighted by Crippen LogP contribution is 2.24. The predicted molar refractivity (Wildman–Crippen MR) is 380 cm³/mol. The number of nitrogens with one attached hydrogen (secondary N) is 1. The van der Waals surface area contributed by atoms with Crippen molar-refractivity contribution < 1.29 is 49.3 Å². The Morgan fingerprint density at radius 1 is 0.411 bits per heavy atom. The minimum Gasteiger partial charge on any atom is -0.466 e. The van der Waals surface area contributed by atoms with E-state index in [1.807, 2.05) is 6.08 Å². The zero-order chi connectivity index (χ0) is 65.1. The molecule has 528 valence electrons. The summed E-state index contributed by atoms with van der Waals surface area (Å²) in [5, 5.41) is 54.4. The Balaban J connectivity index is 1.89. The molecule has 1 heterocycles. The molecule has 6 N–H and O–H groups in total. The standard InChI is InChI=1S/C79H147NO10/c1-3-5-7-9-11-13-15-16-17-18-34-38-41-44-47-51-55-59-63-67-75(84)88-68-64-60-56-52-48-45-42-39-36-33-31-29-27-25-23-21-19-20-22-24-26-28-30-32-35-37-40-43-46-50-54-58-62-66-74(83)80-71(70-89-79-78(87)77(86)76(85)73(69-81)90-79)72(82)65-61-57-53-49-14-12-10-8-6-4-2/h16-17,23,25,29,31,61,65,71-73,76-79,81-82,85-87H,3-15,18-22,24,26-28,30,32-60,62-64,66-70H2,1-2H3,(H,80,83)/b17-16-,25-23-,31-29-,65-61+. The van der Waals surface area contributed by atoms with Crippen LogP contribution in [0.2, 0.25) is 0 Å². The van der Waals surface area contributed by atoms with Crippen molar-refractivity contribution in [3.63, 3.8) is 0 Å². The fraction of sp³-hybridized carbons (Fsp3) is 0.873. The zero-order valence-electron chi connectivity index (χ0n) is 58.9. The molecule has 1 aliphatic heterocycles. The van der Waals surface area contributed by atoms with Gasteiger partial charge in [-0.05, 0) is 89.9 Å². The Kier molecular flexibility index (Phi) is 64.7. The maximum absolute atomic E-state index is 13.0. The number of aliphatic hydroxyl groups excluding tert-OH is 5. The highest BCUT2D eigenvalue weighted by Gasteiger charge is 2.44. The van der Waals surface area contributed by atoms with Crippen LogP contribution in [-0.4, -0.2) is 100 Å². The Morgan fingerprint density at radius 3 is 1.13 bits per heavy atom. The second-order valence-electron chi connectivity index (χ2n) is 27.1. The van der Waals surface area contributed by atoms with E-state index in [1.165, 1.54) is 289 Å². The van der Waals surface area contributed by atoms with E-state index in [2.05, 4.69) is 55.6 Å². The summed E-state index contributed by atoms with van der Waals surface area (Å²) in [7, 11) is 0. The summed E-state index contributed by atoms with van der Waals surface area (Å²) < 4.78 is 16.8. The molecule has 0 aromatic heterocycles. The van der Waals surface area contributed by atoms with E-state index in [9.17, 15) is 35.1 Å². The highest BCUT2D eigenvalue weighted by molar-refractivity contribution is 5.76. The molecule has 0 aromatic rings. The lowest BCUT2D eigenvalue weighted by atomic mass is 9.99. The Hall–Kier alpha value is -2.38. The zero-order valence-corrected chi connectivity index (χ0v) is 58.9. The molecular weight excluding hydrogens is 1120 g/mol. The van der Waals surface area contributed by atoms with Crippen LogP contribution in [0, 0.1) is 0 Å². The van der Waals surface area contributed by atoms with Crippen molar-refractivity contribution in [2.75, 3.05) is 19.8 Å². The molecule has 7 unspecified atom stereocenters. The average Bonchev–Trinajstić information content (AvgIpc) is 1.93. The maximum Gasteiger partial charge on any atom is 0.305 e. The smallest absolute Gasteiger partial charge is 0.305 e. The summed E-state index contributed by atoms with van der Waals surface area (Å²) in [5.41, 5.74) is 0. The molecule has 1 fully saturated rings. The molecule has 0 spiro atoms. The van der Waals surface area contributed by atoms with Gasteiger partial charge in [-0.25, -0.2) is 0 Å². The average molecular weight is 1270 g/mol. The van der Waals surface area contributed by atoms with Crippen LogP contribution in [0.25, 0.3) is 0 Å². The lowest BCUT2D eigenvalue weighted by molar-refractivity contribution is -0.302. The van der Waals surface area contributed by atoms with Crippen LogP contribution in [0.4, 0.5) is 0 Å². The van der Waals surface area contributed by atoms with Gasteiger partial charge in [-0.3, -0.25) is 9.59 Å². The largest absolute Gasteiger partial charge is 0.466 e. The molecule has 0 aromatic carbocycles. The van der Waals surface area contributed by atoms with Gasteiger partial charge >= 0.3 is 5.97 Å². The molecule has 0 bridgehead atoms. The van der Waals surface area contributed by atoms with Crippen molar-refractivity contribution in [2.24, 2.45) is 0 Å². The number of carbonyl (C=O) groups is 2. The molecule has 11 heteroatoms.